The predicted molar refractivity (Wildman–Crippen MR) is 214 cm³/mol. The molecule has 8 atom stereocenters. The maximum absolute atomic E-state index is 14.1. The van der Waals surface area contributed by atoms with E-state index in [0.29, 0.717) is 0 Å². The lowest BCUT2D eigenvalue weighted by atomic mass is 9.92. The number of aromatic nitrogens is 4. The van der Waals surface area contributed by atoms with Crippen LogP contribution in [0.2, 0.25) is 36.3 Å². The molecule has 2 aliphatic heterocycles. The van der Waals surface area contributed by atoms with Gasteiger partial charge in [0.15, 0.2) is 29.1 Å². The zero-order chi connectivity index (χ0) is 42.7. The van der Waals surface area contributed by atoms with Crippen LogP contribution in [-0.2, 0) is 32.7 Å². The van der Waals surface area contributed by atoms with Crippen LogP contribution in [0.4, 0.5) is 0 Å². The van der Waals surface area contributed by atoms with Crippen LogP contribution >= 0.6 is 0 Å². The monoisotopic (exact) mass is 834 g/mol. The second-order valence-corrected chi connectivity index (χ2v) is 27.1. The van der Waals surface area contributed by atoms with Crippen molar-refractivity contribution in [2.75, 3.05) is 19.7 Å². The molecule has 2 fully saturated rings. The second-order valence-electron chi connectivity index (χ2n) is 17.6. The number of hydrogen-bond acceptors (Lipinski definition) is 12. The summed E-state index contributed by atoms with van der Waals surface area (Å²) in [5.74, 6) is -2.40. The van der Waals surface area contributed by atoms with Crippen molar-refractivity contribution in [1.82, 2.24) is 24.4 Å². The first-order valence-electron chi connectivity index (χ1n) is 19.1. The molecule has 2 saturated heterocycles. The third kappa shape index (κ3) is 10.7. The first kappa shape index (κ1) is 45.6. The number of carbonyl (C=O) groups is 2. The summed E-state index contributed by atoms with van der Waals surface area (Å²) in [7, 11) is -5.21. The van der Waals surface area contributed by atoms with Crippen LogP contribution in [0.1, 0.15) is 73.8 Å². The second kappa shape index (κ2) is 17.8. The van der Waals surface area contributed by atoms with Crippen molar-refractivity contribution in [3.63, 3.8) is 0 Å². The summed E-state index contributed by atoms with van der Waals surface area (Å²) in [6.45, 7) is 21.9. The zero-order valence-electron chi connectivity index (χ0n) is 34.7. The van der Waals surface area contributed by atoms with E-state index in [9.17, 15) is 34.3 Å². The molecular weight excluding hydrogens is 777 g/mol. The highest BCUT2D eigenvalue weighted by Crippen LogP contribution is 2.46. The molecule has 0 bridgehead atoms. The van der Waals surface area contributed by atoms with Crippen molar-refractivity contribution in [1.29, 1.82) is 0 Å². The number of esters is 1. The topological polar surface area (TPSA) is 251 Å². The van der Waals surface area contributed by atoms with Crippen LogP contribution in [0.15, 0.2) is 48.8 Å². The number of hydrogen-bond donors (Lipinski definition) is 3. The number of rotatable bonds is 15. The lowest BCUT2D eigenvalue weighted by Crippen LogP contribution is -2.49. The fourth-order valence-electron chi connectivity index (χ4n) is 6.49. The maximum Gasteiger partial charge on any atom is 0.330 e. The first-order valence-corrected chi connectivity index (χ1v) is 24.9. The number of nitrogens with zero attached hydrogens (tertiary/aromatic N) is 5. The molecule has 3 N–H and O–H groups in total. The Kier molecular flexibility index (Phi) is 14.2. The van der Waals surface area contributed by atoms with Crippen molar-refractivity contribution in [2.45, 2.75) is 134 Å². The van der Waals surface area contributed by atoms with Crippen LogP contribution in [0.25, 0.3) is 10.4 Å². The van der Waals surface area contributed by atoms with E-state index in [0.717, 1.165) is 0 Å². The van der Waals surface area contributed by atoms with Crippen molar-refractivity contribution < 1.29 is 32.7 Å². The number of amides is 1. The average Bonchev–Trinajstić information content (AvgIpc) is 3.57. The summed E-state index contributed by atoms with van der Waals surface area (Å²) >= 11 is 0. The lowest BCUT2D eigenvalue weighted by molar-refractivity contribution is -0.145. The van der Waals surface area contributed by atoms with E-state index in [1.165, 1.54) is 33.7 Å². The highest BCUT2D eigenvalue weighted by molar-refractivity contribution is 6.74. The number of aromatic amines is 2. The molecule has 316 valence electrons. The molecule has 0 spiro atoms. The van der Waals surface area contributed by atoms with Gasteiger partial charge in [0.2, 0.25) is 5.91 Å². The predicted octanol–water partition coefficient (Wildman–Crippen LogP) is 3.66. The molecule has 4 rings (SSSR count). The summed E-state index contributed by atoms with van der Waals surface area (Å²) in [5, 5.41) is 6.11. The average molecular weight is 835 g/mol. The van der Waals surface area contributed by atoms with Gasteiger partial charge in [0.25, 0.3) is 11.1 Å². The molecule has 57 heavy (non-hydrogen) atoms. The number of nitrogens with one attached hydrogen (secondary N) is 3. The molecule has 21 heteroatoms. The minimum Gasteiger partial charge on any atom is -0.466 e. The van der Waals surface area contributed by atoms with Gasteiger partial charge < -0.3 is 28.4 Å². The SMILES string of the molecule is CCOC(=O)C[C@H]1[C@@H](O[Si](C)(C)C(C)(C)C)[C@H](n2ccc(=O)[nH]c2=O)O[C@@H]1CNC(=O)C[C@H]1[C@@H](O[Si](C)(C)C(C)(C)C)[C@H](n2ccc(=O)[nH]c2=O)O[C@@H]1CN=[N+]=[N-]. The summed E-state index contributed by atoms with van der Waals surface area (Å²) in [4.78, 5) is 84.7. The Balaban J connectivity index is 1.70. The molecule has 0 aliphatic carbocycles. The van der Waals surface area contributed by atoms with Gasteiger partial charge in [0, 0.05) is 54.2 Å². The molecule has 2 aliphatic rings. The lowest BCUT2D eigenvalue weighted by Gasteiger charge is -2.41. The van der Waals surface area contributed by atoms with Gasteiger partial charge in [-0.15, -0.1) is 0 Å². The Labute approximate surface area is 332 Å². The summed E-state index contributed by atoms with van der Waals surface area (Å²) in [6.07, 6.45) is -3.32. The first-order chi connectivity index (χ1) is 26.4. The Morgan fingerprint density at radius 1 is 0.825 bits per heavy atom. The van der Waals surface area contributed by atoms with Gasteiger partial charge in [-0.25, -0.2) is 9.59 Å². The molecular formula is C36H58N8O11Si2. The summed E-state index contributed by atoms with van der Waals surface area (Å²) in [6, 6.07) is 2.37. The zero-order valence-corrected chi connectivity index (χ0v) is 36.7. The molecule has 2 aromatic heterocycles. The van der Waals surface area contributed by atoms with Gasteiger partial charge >= 0.3 is 17.3 Å². The van der Waals surface area contributed by atoms with Gasteiger partial charge in [-0.3, -0.25) is 38.3 Å². The quantitative estimate of drug-likeness (QED) is 0.0768. The number of ether oxygens (including phenoxy) is 3. The minimum absolute atomic E-state index is 0.111. The van der Waals surface area contributed by atoms with E-state index >= 15 is 0 Å². The fourth-order valence-corrected chi connectivity index (χ4v) is 9.14. The summed E-state index contributed by atoms with van der Waals surface area (Å²) in [5.41, 5.74) is 6.56. The largest absolute Gasteiger partial charge is 0.466 e. The van der Waals surface area contributed by atoms with Crippen molar-refractivity contribution in [3.8, 4) is 0 Å². The molecule has 0 aromatic carbocycles. The summed E-state index contributed by atoms with van der Waals surface area (Å²) < 4.78 is 34.3. The Morgan fingerprint density at radius 2 is 1.28 bits per heavy atom. The van der Waals surface area contributed by atoms with E-state index in [2.05, 4.69) is 46.1 Å². The Bertz CT molecular complexity index is 2040. The van der Waals surface area contributed by atoms with E-state index in [1.807, 2.05) is 47.0 Å². The van der Waals surface area contributed by atoms with Gasteiger partial charge in [-0.2, -0.15) is 0 Å². The van der Waals surface area contributed by atoms with Crippen LogP contribution in [0.5, 0.6) is 0 Å². The molecule has 0 radical (unpaired) electrons. The highest BCUT2D eigenvalue weighted by Gasteiger charge is 2.53. The van der Waals surface area contributed by atoms with Crippen molar-refractivity contribution in [2.24, 2.45) is 17.0 Å². The van der Waals surface area contributed by atoms with Gasteiger partial charge in [0.1, 0.15) is 0 Å². The van der Waals surface area contributed by atoms with Crippen LogP contribution < -0.4 is 27.8 Å². The Hall–Kier alpha value is -4.12. The van der Waals surface area contributed by atoms with Gasteiger partial charge in [0.05, 0.1) is 44.0 Å². The fraction of sp³-hybridized carbons (Fsp3) is 0.722. The molecule has 2 aromatic rings. The standard InChI is InChI=1S/C36H58N8O11Si2/c1-12-51-28(48)18-22-23(52-32(44-16-14-26(46)41-34(44)50)30(22)55-57(10,11)36(5,6)7)19-38-27(47)17-21-24(20-39-42-37)53-31(43-15-13-25(45)40-33(43)49)29(21)54-56(8,9)35(2,3)4/h13-16,21-24,29-32H,12,17-20H2,1-11H3,(H,38,47)(H,40,45,49)(H,41,46,50)/t21-,22-,23-,24-,29-,30-,31-,32-/m1/s1. The number of azide groups is 1. The Morgan fingerprint density at radius 3 is 1.70 bits per heavy atom. The van der Waals surface area contributed by atoms with E-state index in [4.69, 9.17) is 23.1 Å². The molecule has 4 heterocycles. The third-order valence-electron chi connectivity index (χ3n) is 11.7. The van der Waals surface area contributed by atoms with E-state index in [-0.39, 0.29) is 42.6 Å². The van der Waals surface area contributed by atoms with E-state index < -0.39 is 99.7 Å². The molecule has 0 unspecified atom stereocenters. The minimum atomic E-state index is -2.61. The molecule has 19 nitrogen and oxygen atoms in total. The normalized spacial score (nSPS) is 25.5. The van der Waals surface area contributed by atoms with E-state index in [1.54, 1.807) is 6.92 Å². The van der Waals surface area contributed by atoms with Crippen LogP contribution in [0, 0.1) is 11.8 Å². The van der Waals surface area contributed by atoms with Crippen molar-refractivity contribution in [3.05, 3.63) is 76.6 Å². The number of H-pyrrole nitrogens is 2. The highest BCUT2D eigenvalue weighted by atomic mass is 28.4. The van der Waals surface area contributed by atoms with Gasteiger partial charge in [-0.1, -0.05) is 46.7 Å². The van der Waals surface area contributed by atoms with Crippen molar-refractivity contribution >= 4 is 28.5 Å². The maximum atomic E-state index is 14.1. The smallest absolute Gasteiger partial charge is 0.330 e. The third-order valence-corrected chi connectivity index (χ3v) is 20.6. The molecule has 0 saturated carbocycles. The van der Waals surface area contributed by atoms with Crippen LogP contribution in [0.3, 0.4) is 0 Å². The van der Waals surface area contributed by atoms with Gasteiger partial charge in [-0.05, 0) is 48.7 Å². The van der Waals surface area contributed by atoms with Crippen LogP contribution in [-0.4, -0.2) is 91.7 Å². The number of carbonyl (C=O) groups excluding carboxylic acids is 2. The molecule has 1 amide bonds.